The molecule has 4 aliphatic rings. The number of nitrogens with two attached hydrogens (primary N) is 1. The summed E-state index contributed by atoms with van der Waals surface area (Å²) in [4.78, 5) is 0. The fraction of sp³-hybridized carbons (Fsp3) is 1.00. The molecule has 4 aliphatic carbocycles. The van der Waals surface area contributed by atoms with Crippen LogP contribution in [0.15, 0.2) is 0 Å². The third-order valence-electron chi connectivity index (χ3n) is 5.52. The van der Waals surface area contributed by atoms with E-state index in [1.165, 1.54) is 12.8 Å². The molecule has 4 rings (SSSR count). The summed E-state index contributed by atoms with van der Waals surface area (Å²) >= 11 is 0. The molecule has 0 amide bonds. The van der Waals surface area contributed by atoms with Gasteiger partial charge in [-0.25, -0.2) is 0 Å². The van der Waals surface area contributed by atoms with Crippen LogP contribution in [0, 0.1) is 29.6 Å². The van der Waals surface area contributed by atoms with Crippen molar-refractivity contribution in [2.45, 2.75) is 57.9 Å². The van der Waals surface area contributed by atoms with Gasteiger partial charge < -0.3 is 5.73 Å². The highest BCUT2D eigenvalue weighted by Crippen LogP contribution is 2.57. The second-order valence-electron chi connectivity index (χ2n) is 6.50. The molecule has 4 saturated carbocycles. The van der Waals surface area contributed by atoms with E-state index in [1.54, 1.807) is 32.1 Å². The zero-order valence-corrected chi connectivity index (χ0v) is 9.99. The topological polar surface area (TPSA) is 26.0 Å². The Bertz CT molecular complexity index is 207. The summed E-state index contributed by atoms with van der Waals surface area (Å²) in [6.45, 7) is 2.24. The minimum Gasteiger partial charge on any atom is -0.328 e. The van der Waals surface area contributed by atoms with Crippen LogP contribution in [-0.2, 0) is 0 Å². The summed E-state index contributed by atoms with van der Waals surface area (Å²) in [6.07, 6.45) is 10.3. The van der Waals surface area contributed by atoms with Crippen LogP contribution in [0.1, 0.15) is 51.9 Å². The molecule has 4 fully saturated rings. The zero-order chi connectivity index (χ0) is 10.4. The van der Waals surface area contributed by atoms with E-state index in [0.29, 0.717) is 6.04 Å². The molecule has 1 nitrogen and oxygen atoms in total. The second-order valence-corrected chi connectivity index (χ2v) is 6.50. The van der Waals surface area contributed by atoms with Crippen molar-refractivity contribution in [1.82, 2.24) is 0 Å². The van der Waals surface area contributed by atoms with Crippen molar-refractivity contribution in [1.29, 1.82) is 0 Å². The molecule has 1 unspecified atom stereocenters. The second kappa shape index (κ2) is 3.76. The molecule has 2 N–H and O–H groups in total. The van der Waals surface area contributed by atoms with Crippen LogP contribution < -0.4 is 5.73 Å². The Morgan fingerprint density at radius 2 is 1.53 bits per heavy atom. The quantitative estimate of drug-likeness (QED) is 0.755. The first kappa shape index (κ1) is 10.1. The summed E-state index contributed by atoms with van der Waals surface area (Å²) < 4.78 is 0. The maximum absolute atomic E-state index is 6.15. The molecule has 0 saturated heterocycles. The first-order valence-electron chi connectivity index (χ1n) is 7.01. The number of hydrogen-bond donors (Lipinski definition) is 1. The lowest BCUT2D eigenvalue weighted by Crippen LogP contribution is -2.46. The largest absolute Gasteiger partial charge is 0.328 e. The molecular formula is C14H25N. The molecule has 1 atom stereocenters. The van der Waals surface area contributed by atoms with Gasteiger partial charge in [-0.05, 0) is 74.5 Å². The van der Waals surface area contributed by atoms with Gasteiger partial charge in [-0.1, -0.05) is 6.92 Å². The van der Waals surface area contributed by atoms with Crippen LogP contribution in [0.4, 0.5) is 0 Å². The van der Waals surface area contributed by atoms with Crippen molar-refractivity contribution in [3.63, 3.8) is 0 Å². The monoisotopic (exact) mass is 207 g/mol. The lowest BCUT2D eigenvalue weighted by molar-refractivity contribution is -0.0420. The summed E-state index contributed by atoms with van der Waals surface area (Å²) in [6, 6.07) is 0.479. The molecule has 0 aliphatic heterocycles. The summed E-state index contributed by atoms with van der Waals surface area (Å²) in [5, 5.41) is 0. The lowest BCUT2D eigenvalue weighted by Gasteiger charge is -2.55. The van der Waals surface area contributed by atoms with Crippen molar-refractivity contribution >= 4 is 0 Å². The summed E-state index contributed by atoms with van der Waals surface area (Å²) in [5.41, 5.74) is 6.15. The summed E-state index contributed by atoms with van der Waals surface area (Å²) in [7, 11) is 0. The maximum Gasteiger partial charge on any atom is 0.00390 e. The van der Waals surface area contributed by atoms with Crippen LogP contribution in [0.2, 0.25) is 0 Å². The smallest absolute Gasteiger partial charge is 0.00390 e. The van der Waals surface area contributed by atoms with Crippen molar-refractivity contribution in [2.75, 3.05) is 0 Å². The molecule has 0 aromatic heterocycles. The Morgan fingerprint density at radius 3 is 2.00 bits per heavy atom. The average molecular weight is 207 g/mol. The fourth-order valence-corrected chi connectivity index (χ4v) is 4.94. The van der Waals surface area contributed by atoms with Crippen LogP contribution in [0.25, 0.3) is 0 Å². The van der Waals surface area contributed by atoms with E-state index in [9.17, 15) is 0 Å². The Hall–Kier alpha value is -0.0400. The first-order chi connectivity index (χ1) is 7.26. The van der Waals surface area contributed by atoms with Crippen molar-refractivity contribution < 1.29 is 0 Å². The van der Waals surface area contributed by atoms with Gasteiger partial charge in [-0.15, -0.1) is 0 Å². The van der Waals surface area contributed by atoms with E-state index < -0.39 is 0 Å². The maximum atomic E-state index is 6.15. The SMILES string of the molecule is CCC(N)CC1C2CC3CC(C2)CC1C3. The predicted octanol–water partition coefficient (Wildman–Crippen LogP) is 3.19. The zero-order valence-electron chi connectivity index (χ0n) is 9.99. The molecule has 86 valence electrons. The number of rotatable bonds is 3. The van der Waals surface area contributed by atoms with Gasteiger partial charge in [0.2, 0.25) is 0 Å². The van der Waals surface area contributed by atoms with Gasteiger partial charge in [0.15, 0.2) is 0 Å². The average Bonchev–Trinajstić information content (AvgIpc) is 2.22. The van der Waals surface area contributed by atoms with Crippen molar-refractivity contribution in [3.05, 3.63) is 0 Å². The Kier molecular flexibility index (Phi) is 2.54. The highest BCUT2D eigenvalue weighted by atomic mass is 14.6. The van der Waals surface area contributed by atoms with Gasteiger partial charge >= 0.3 is 0 Å². The predicted molar refractivity (Wildman–Crippen MR) is 63.4 cm³/mol. The molecule has 0 aromatic carbocycles. The minimum atomic E-state index is 0.479. The fourth-order valence-electron chi connectivity index (χ4n) is 4.94. The third kappa shape index (κ3) is 1.73. The van der Waals surface area contributed by atoms with Crippen LogP contribution in [0.3, 0.4) is 0 Å². The normalized spacial score (nSPS) is 49.6. The minimum absolute atomic E-state index is 0.479. The van der Waals surface area contributed by atoms with Crippen LogP contribution in [-0.4, -0.2) is 6.04 Å². The van der Waals surface area contributed by atoms with E-state index >= 15 is 0 Å². The molecular weight excluding hydrogens is 182 g/mol. The van der Waals surface area contributed by atoms with E-state index in [-0.39, 0.29) is 0 Å². The number of hydrogen-bond acceptors (Lipinski definition) is 1. The van der Waals surface area contributed by atoms with Crippen molar-refractivity contribution in [3.8, 4) is 0 Å². The standard InChI is InChI=1S/C14H25N/c1-2-13(15)8-14-11-4-9-3-10(6-11)7-12(14)5-9/h9-14H,2-8,15H2,1H3. The Balaban J connectivity index is 1.69. The van der Waals surface area contributed by atoms with E-state index in [2.05, 4.69) is 6.92 Å². The Labute approximate surface area is 93.8 Å². The lowest BCUT2D eigenvalue weighted by atomic mass is 9.51. The van der Waals surface area contributed by atoms with Crippen LogP contribution >= 0.6 is 0 Å². The molecule has 0 aromatic rings. The van der Waals surface area contributed by atoms with Gasteiger partial charge in [-0.2, -0.15) is 0 Å². The highest BCUT2D eigenvalue weighted by molar-refractivity contribution is 4.98. The van der Waals surface area contributed by atoms with Gasteiger partial charge in [-0.3, -0.25) is 0 Å². The Morgan fingerprint density at radius 1 is 1.00 bits per heavy atom. The van der Waals surface area contributed by atoms with Gasteiger partial charge in [0.25, 0.3) is 0 Å². The van der Waals surface area contributed by atoms with Gasteiger partial charge in [0, 0.05) is 6.04 Å². The summed E-state index contributed by atoms with van der Waals surface area (Å²) in [5.74, 6) is 5.37. The van der Waals surface area contributed by atoms with Gasteiger partial charge in [0.05, 0.1) is 0 Å². The highest BCUT2D eigenvalue weighted by Gasteiger charge is 2.47. The van der Waals surface area contributed by atoms with E-state index in [4.69, 9.17) is 5.73 Å². The molecule has 0 radical (unpaired) electrons. The molecule has 1 heteroatoms. The molecule has 0 heterocycles. The molecule has 4 bridgehead atoms. The van der Waals surface area contributed by atoms with Crippen LogP contribution in [0.5, 0.6) is 0 Å². The molecule has 0 spiro atoms. The first-order valence-corrected chi connectivity index (χ1v) is 7.01. The van der Waals surface area contributed by atoms with E-state index in [1.807, 2.05) is 0 Å². The van der Waals surface area contributed by atoms with Gasteiger partial charge in [0.1, 0.15) is 0 Å². The third-order valence-corrected chi connectivity index (χ3v) is 5.52. The molecule has 15 heavy (non-hydrogen) atoms. The van der Waals surface area contributed by atoms with E-state index in [0.717, 1.165) is 29.6 Å². The van der Waals surface area contributed by atoms with Crippen molar-refractivity contribution in [2.24, 2.45) is 35.3 Å².